The molecule has 2 atom stereocenters. The summed E-state index contributed by atoms with van der Waals surface area (Å²) in [6, 6.07) is -0.578. The molecule has 0 heterocycles. The van der Waals surface area contributed by atoms with Crippen LogP contribution in [0.4, 0.5) is 0 Å². The average molecular weight is 312 g/mol. The fourth-order valence-corrected chi connectivity index (χ4v) is 2.38. The van der Waals surface area contributed by atoms with Crippen LogP contribution < -0.4 is 5.73 Å². The van der Waals surface area contributed by atoms with E-state index in [2.05, 4.69) is 19.9 Å². The van der Waals surface area contributed by atoms with Gasteiger partial charge in [0.1, 0.15) is 0 Å². The van der Waals surface area contributed by atoms with Crippen molar-refractivity contribution in [1.82, 2.24) is 0 Å². The summed E-state index contributed by atoms with van der Waals surface area (Å²) in [5.41, 5.74) is 6.99. The molecule has 4 N–H and O–H groups in total. The number of rotatable bonds is 14. The van der Waals surface area contributed by atoms with Crippen molar-refractivity contribution < 1.29 is 10.2 Å². The van der Waals surface area contributed by atoms with Crippen molar-refractivity contribution in [3.8, 4) is 0 Å². The van der Waals surface area contributed by atoms with E-state index in [1.807, 2.05) is 6.08 Å². The second-order valence-electron chi connectivity index (χ2n) is 6.26. The van der Waals surface area contributed by atoms with Crippen LogP contribution in [0.25, 0.3) is 0 Å². The monoisotopic (exact) mass is 311 g/mol. The Morgan fingerprint density at radius 2 is 1.68 bits per heavy atom. The van der Waals surface area contributed by atoms with Crippen LogP contribution in [0.5, 0.6) is 0 Å². The van der Waals surface area contributed by atoms with Crippen LogP contribution in [0.15, 0.2) is 23.8 Å². The highest BCUT2D eigenvalue weighted by Crippen LogP contribution is 2.13. The van der Waals surface area contributed by atoms with Crippen molar-refractivity contribution in [1.29, 1.82) is 0 Å². The van der Waals surface area contributed by atoms with Gasteiger partial charge in [-0.1, -0.05) is 69.2 Å². The van der Waals surface area contributed by atoms with Gasteiger partial charge in [-0.3, -0.25) is 0 Å². The molecule has 0 bridgehead atoms. The van der Waals surface area contributed by atoms with E-state index in [1.165, 1.54) is 56.9 Å². The highest BCUT2D eigenvalue weighted by Gasteiger charge is 2.08. The van der Waals surface area contributed by atoms with E-state index >= 15 is 0 Å². The van der Waals surface area contributed by atoms with Crippen LogP contribution in [0.3, 0.4) is 0 Å². The molecule has 3 nitrogen and oxygen atoms in total. The molecular weight excluding hydrogens is 274 g/mol. The smallest absolute Gasteiger partial charge is 0.0894 e. The predicted octanol–water partition coefficient (Wildman–Crippen LogP) is 4.09. The van der Waals surface area contributed by atoms with Gasteiger partial charge in [-0.15, -0.1) is 0 Å². The van der Waals surface area contributed by atoms with Gasteiger partial charge in [0, 0.05) is 0 Å². The molecule has 0 amide bonds. The van der Waals surface area contributed by atoms with Gasteiger partial charge in [-0.05, 0) is 32.6 Å². The number of aliphatic hydroxyl groups is 2. The van der Waals surface area contributed by atoms with Gasteiger partial charge in [-0.25, -0.2) is 0 Å². The quantitative estimate of drug-likeness (QED) is 0.334. The molecule has 130 valence electrons. The summed E-state index contributed by atoms with van der Waals surface area (Å²) in [4.78, 5) is 0. The lowest BCUT2D eigenvalue weighted by molar-refractivity contribution is 0.144. The zero-order valence-corrected chi connectivity index (χ0v) is 14.6. The van der Waals surface area contributed by atoms with E-state index in [9.17, 15) is 5.11 Å². The second-order valence-corrected chi connectivity index (χ2v) is 6.26. The first kappa shape index (κ1) is 21.4. The normalized spacial score (nSPS) is 15.4. The SMILES string of the molecule is CCCCCCCCC/C(C)=C/CC/C=C/C(O)[C@H](N)CO. The average Bonchev–Trinajstić information content (AvgIpc) is 2.52. The lowest BCUT2D eigenvalue weighted by Crippen LogP contribution is -2.36. The van der Waals surface area contributed by atoms with Crippen molar-refractivity contribution in [2.75, 3.05) is 6.61 Å². The molecule has 0 rings (SSSR count). The molecule has 0 aromatic heterocycles. The zero-order valence-electron chi connectivity index (χ0n) is 14.6. The van der Waals surface area contributed by atoms with E-state index in [0.717, 1.165) is 12.8 Å². The van der Waals surface area contributed by atoms with Crippen molar-refractivity contribution in [2.45, 2.75) is 90.2 Å². The molecule has 0 aromatic rings. The molecule has 0 aliphatic carbocycles. The molecular formula is C19H37NO2. The molecule has 0 aliphatic rings. The number of hydrogen-bond acceptors (Lipinski definition) is 3. The lowest BCUT2D eigenvalue weighted by Gasteiger charge is -2.11. The van der Waals surface area contributed by atoms with Gasteiger partial charge in [0.15, 0.2) is 0 Å². The third kappa shape index (κ3) is 13.1. The maximum absolute atomic E-state index is 9.56. The molecule has 3 heteroatoms. The highest BCUT2D eigenvalue weighted by molar-refractivity contribution is 5.00. The van der Waals surface area contributed by atoms with Crippen LogP contribution in [-0.4, -0.2) is 29.0 Å². The Labute approximate surface area is 137 Å². The Hall–Kier alpha value is -0.640. The van der Waals surface area contributed by atoms with Crippen LogP contribution in [0.1, 0.15) is 78.1 Å². The Morgan fingerprint density at radius 1 is 1.05 bits per heavy atom. The lowest BCUT2D eigenvalue weighted by atomic mass is 10.0. The molecule has 0 spiro atoms. The number of allylic oxidation sites excluding steroid dienone is 3. The van der Waals surface area contributed by atoms with Crippen molar-refractivity contribution in [3.63, 3.8) is 0 Å². The zero-order chi connectivity index (χ0) is 16.6. The molecule has 0 fully saturated rings. The maximum atomic E-state index is 9.56. The summed E-state index contributed by atoms with van der Waals surface area (Å²) < 4.78 is 0. The van der Waals surface area contributed by atoms with E-state index in [0.29, 0.717) is 0 Å². The maximum Gasteiger partial charge on any atom is 0.0894 e. The van der Waals surface area contributed by atoms with Gasteiger partial charge in [0.25, 0.3) is 0 Å². The van der Waals surface area contributed by atoms with Crippen LogP contribution >= 0.6 is 0 Å². The number of aliphatic hydroxyl groups excluding tert-OH is 2. The Morgan fingerprint density at radius 3 is 2.32 bits per heavy atom. The van der Waals surface area contributed by atoms with E-state index in [4.69, 9.17) is 10.8 Å². The minimum Gasteiger partial charge on any atom is -0.395 e. The third-order valence-electron chi connectivity index (χ3n) is 3.98. The molecule has 0 saturated carbocycles. The van der Waals surface area contributed by atoms with Gasteiger partial charge < -0.3 is 15.9 Å². The van der Waals surface area contributed by atoms with Gasteiger partial charge >= 0.3 is 0 Å². The Bertz CT molecular complexity index is 300. The number of unbranched alkanes of at least 4 members (excludes halogenated alkanes) is 7. The highest BCUT2D eigenvalue weighted by atomic mass is 16.3. The number of hydrogen-bond donors (Lipinski definition) is 3. The minimum atomic E-state index is -0.747. The van der Waals surface area contributed by atoms with Crippen LogP contribution in [-0.2, 0) is 0 Å². The summed E-state index contributed by atoms with van der Waals surface area (Å²) in [5, 5.41) is 18.4. The van der Waals surface area contributed by atoms with Gasteiger partial charge in [-0.2, -0.15) is 0 Å². The molecule has 0 aliphatic heterocycles. The van der Waals surface area contributed by atoms with Gasteiger partial charge in [0.05, 0.1) is 18.8 Å². The van der Waals surface area contributed by atoms with Gasteiger partial charge in [0.2, 0.25) is 0 Å². The van der Waals surface area contributed by atoms with Crippen molar-refractivity contribution in [2.24, 2.45) is 5.73 Å². The minimum absolute atomic E-state index is 0.192. The largest absolute Gasteiger partial charge is 0.395 e. The molecule has 1 unspecified atom stereocenters. The predicted molar refractivity (Wildman–Crippen MR) is 95.8 cm³/mol. The van der Waals surface area contributed by atoms with E-state index in [1.54, 1.807) is 6.08 Å². The summed E-state index contributed by atoms with van der Waals surface area (Å²) >= 11 is 0. The fourth-order valence-electron chi connectivity index (χ4n) is 2.38. The van der Waals surface area contributed by atoms with Crippen molar-refractivity contribution >= 4 is 0 Å². The first-order valence-corrected chi connectivity index (χ1v) is 8.98. The molecule has 0 saturated heterocycles. The summed E-state index contributed by atoms with van der Waals surface area (Å²) in [7, 11) is 0. The van der Waals surface area contributed by atoms with E-state index < -0.39 is 12.1 Å². The number of nitrogens with two attached hydrogens (primary N) is 1. The molecule has 0 radical (unpaired) electrons. The summed E-state index contributed by atoms with van der Waals surface area (Å²) in [6.45, 7) is 4.27. The Kier molecular flexibility index (Phi) is 14.8. The van der Waals surface area contributed by atoms with E-state index in [-0.39, 0.29) is 6.61 Å². The van der Waals surface area contributed by atoms with Crippen molar-refractivity contribution in [3.05, 3.63) is 23.8 Å². The third-order valence-corrected chi connectivity index (χ3v) is 3.98. The fraction of sp³-hybridized carbons (Fsp3) is 0.789. The molecule has 22 heavy (non-hydrogen) atoms. The van der Waals surface area contributed by atoms with Crippen LogP contribution in [0.2, 0.25) is 0 Å². The summed E-state index contributed by atoms with van der Waals surface area (Å²) in [5.74, 6) is 0. The first-order valence-electron chi connectivity index (χ1n) is 8.98. The summed E-state index contributed by atoms with van der Waals surface area (Å²) in [6.07, 6.45) is 17.8. The standard InChI is InChI=1S/C19H37NO2/c1-3-4-5-6-7-8-10-13-17(2)14-11-9-12-15-19(22)18(20)16-21/h12,14-15,18-19,21-22H,3-11,13,16,20H2,1-2H3/b15-12+,17-14+/t18-,19?/m1/s1. The second kappa shape index (κ2) is 15.3. The first-order chi connectivity index (χ1) is 10.6. The molecule has 0 aromatic carbocycles. The topological polar surface area (TPSA) is 66.5 Å². The van der Waals surface area contributed by atoms with Crippen LogP contribution in [0, 0.1) is 0 Å². The Balaban J connectivity index is 3.58.